The molecule has 0 spiro atoms. The molecule has 0 bridgehead atoms. The van der Waals surface area contributed by atoms with Crippen LogP contribution in [-0.4, -0.2) is 26.4 Å². The van der Waals surface area contributed by atoms with Crippen LogP contribution in [0.15, 0.2) is 47.4 Å². The normalized spacial score (nSPS) is 17.3. The van der Waals surface area contributed by atoms with E-state index in [1.807, 2.05) is 26.8 Å². The first-order valence-electron chi connectivity index (χ1n) is 9.79. The Bertz CT molecular complexity index is 968. The Balaban J connectivity index is 1.90. The van der Waals surface area contributed by atoms with Crippen molar-refractivity contribution in [2.45, 2.75) is 63.9 Å². The van der Waals surface area contributed by atoms with Crippen LogP contribution in [0.1, 0.15) is 55.1 Å². The quantitative estimate of drug-likeness (QED) is 0.795. The second-order valence-corrected chi connectivity index (χ2v) is 9.49. The molecular formula is C22H28N2O3S. The minimum absolute atomic E-state index is 0.114. The zero-order chi connectivity index (χ0) is 20.5. The van der Waals surface area contributed by atoms with Gasteiger partial charge in [-0.05, 0) is 69.5 Å². The third-order valence-electron chi connectivity index (χ3n) is 5.17. The van der Waals surface area contributed by atoms with Gasteiger partial charge >= 0.3 is 0 Å². The molecular weight excluding hydrogens is 372 g/mol. The lowest BCUT2D eigenvalue weighted by Crippen LogP contribution is -2.35. The molecule has 0 aliphatic carbocycles. The molecule has 28 heavy (non-hydrogen) atoms. The molecule has 5 nitrogen and oxygen atoms in total. The summed E-state index contributed by atoms with van der Waals surface area (Å²) in [5.41, 5.74) is 3.13. The minimum atomic E-state index is -3.64. The topological polar surface area (TPSA) is 66.5 Å². The van der Waals surface area contributed by atoms with Gasteiger partial charge in [-0.1, -0.05) is 31.0 Å². The number of hydrogen-bond donors (Lipinski definition) is 1. The summed E-state index contributed by atoms with van der Waals surface area (Å²) in [6, 6.07) is 12.1. The maximum absolute atomic E-state index is 13.2. The number of nitrogens with zero attached hydrogens (tertiary/aromatic N) is 1. The maximum Gasteiger partial charge on any atom is 0.264 e. The number of hydrogen-bond acceptors (Lipinski definition) is 3. The van der Waals surface area contributed by atoms with Gasteiger partial charge in [0, 0.05) is 17.6 Å². The summed E-state index contributed by atoms with van der Waals surface area (Å²) in [6.07, 6.45) is 2.53. The highest BCUT2D eigenvalue weighted by atomic mass is 32.2. The van der Waals surface area contributed by atoms with Gasteiger partial charge in [0.1, 0.15) is 0 Å². The van der Waals surface area contributed by atoms with Crippen molar-refractivity contribution < 1.29 is 13.2 Å². The van der Waals surface area contributed by atoms with E-state index in [1.165, 1.54) is 4.31 Å². The van der Waals surface area contributed by atoms with E-state index >= 15 is 0 Å². The number of carbonyl (C=O) groups excluding carboxylic acids is 1. The van der Waals surface area contributed by atoms with Crippen molar-refractivity contribution in [3.05, 3.63) is 59.2 Å². The van der Waals surface area contributed by atoms with E-state index < -0.39 is 10.0 Å². The molecule has 1 N–H and O–H groups in total. The van der Waals surface area contributed by atoms with Crippen LogP contribution in [0.4, 0.5) is 5.69 Å². The predicted octanol–water partition coefficient (Wildman–Crippen LogP) is 4.05. The fourth-order valence-electron chi connectivity index (χ4n) is 3.75. The summed E-state index contributed by atoms with van der Waals surface area (Å²) in [5, 5.41) is 3.00. The summed E-state index contributed by atoms with van der Waals surface area (Å²) in [7, 11) is -3.64. The lowest BCUT2D eigenvalue weighted by molar-refractivity contribution is 0.0938. The van der Waals surface area contributed by atoms with Crippen LogP contribution in [0.5, 0.6) is 0 Å². The van der Waals surface area contributed by atoms with Crippen LogP contribution in [-0.2, 0) is 16.4 Å². The first kappa shape index (κ1) is 20.4. The highest BCUT2D eigenvalue weighted by molar-refractivity contribution is 7.92. The third kappa shape index (κ3) is 3.92. The summed E-state index contributed by atoms with van der Waals surface area (Å²) in [4.78, 5) is 12.8. The largest absolute Gasteiger partial charge is 0.350 e. The Labute approximate surface area is 167 Å². The first-order valence-corrected chi connectivity index (χ1v) is 11.2. The Morgan fingerprint density at radius 1 is 1.21 bits per heavy atom. The van der Waals surface area contributed by atoms with Crippen LogP contribution in [0, 0.1) is 6.92 Å². The summed E-state index contributed by atoms with van der Waals surface area (Å²) < 4.78 is 27.9. The average molecular weight is 401 g/mol. The van der Waals surface area contributed by atoms with Crippen molar-refractivity contribution in [1.29, 1.82) is 0 Å². The average Bonchev–Trinajstić information content (AvgIpc) is 2.97. The van der Waals surface area contributed by atoms with Gasteiger partial charge in [-0.2, -0.15) is 0 Å². The van der Waals surface area contributed by atoms with Crippen LogP contribution in [0.2, 0.25) is 0 Å². The number of carbonyl (C=O) groups is 1. The highest BCUT2D eigenvalue weighted by Crippen LogP contribution is 2.37. The van der Waals surface area contributed by atoms with E-state index in [2.05, 4.69) is 12.2 Å². The molecule has 0 radical (unpaired) electrons. The molecule has 0 saturated carbocycles. The third-order valence-corrected chi connectivity index (χ3v) is 7.11. The fraction of sp³-hybridized carbons (Fsp3) is 0.409. The number of amides is 1. The molecule has 2 atom stereocenters. The van der Waals surface area contributed by atoms with Crippen molar-refractivity contribution >= 4 is 21.6 Å². The van der Waals surface area contributed by atoms with E-state index in [1.54, 1.807) is 36.4 Å². The second kappa shape index (κ2) is 7.95. The van der Waals surface area contributed by atoms with Crippen LogP contribution in [0.25, 0.3) is 0 Å². The zero-order valence-corrected chi connectivity index (χ0v) is 17.7. The van der Waals surface area contributed by atoms with Crippen LogP contribution >= 0.6 is 0 Å². The van der Waals surface area contributed by atoms with Crippen molar-refractivity contribution in [2.75, 3.05) is 4.31 Å². The van der Waals surface area contributed by atoms with Gasteiger partial charge in [-0.15, -0.1) is 0 Å². The van der Waals surface area contributed by atoms with Crippen LogP contribution < -0.4 is 9.62 Å². The number of nitrogens with one attached hydrogen (secondary N) is 1. The molecule has 1 aliphatic heterocycles. The van der Waals surface area contributed by atoms with Gasteiger partial charge in [0.2, 0.25) is 0 Å². The van der Waals surface area contributed by atoms with Crippen LogP contribution in [0.3, 0.4) is 0 Å². The zero-order valence-electron chi connectivity index (χ0n) is 16.9. The van der Waals surface area contributed by atoms with Crippen molar-refractivity contribution in [1.82, 2.24) is 5.32 Å². The minimum Gasteiger partial charge on any atom is -0.350 e. The Morgan fingerprint density at radius 2 is 1.89 bits per heavy atom. The lowest BCUT2D eigenvalue weighted by Gasteiger charge is -2.24. The molecule has 1 aliphatic rings. The fourth-order valence-corrected chi connectivity index (χ4v) is 5.44. The standard InChI is InChI=1S/C22H28N2O3S/c1-5-6-16(3)23-22(25)18-9-12-21-19(14-18)13-17(4)24(21)28(26,27)20-10-7-15(2)8-11-20/h7-12,14,16-17H,5-6,13H2,1-4H3,(H,23,25)/t16-,17+/m1/s1. The summed E-state index contributed by atoms with van der Waals surface area (Å²) in [6.45, 7) is 7.90. The monoisotopic (exact) mass is 400 g/mol. The van der Waals surface area contributed by atoms with Crippen molar-refractivity contribution in [2.24, 2.45) is 0 Å². The van der Waals surface area contributed by atoms with Gasteiger partial charge in [0.25, 0.3) is 15.9 Å². The van der Waals surface area contributed by atoms with Gasteiger partial charge in [-0.3, -0.25) is 9.10 Å². The molecule has 3 rings (SSSR count). The molecule has 2 aromatic carbocycles. The number of aryl methyl sites for hydroxylation is 1. The smallest absolute Gasteiger partial charge is 0.264 e. The molecule has 6 heteroatoms. The van der Waals surface area contributed by atoms with E-state index in [9.17, 15) is 13.2 Å². The van der Waals surface area contributed by atoms with E-state index in [-0.39, 0.29) is 22.9 Å². The molecule has 150 valence electrons. The number of fused-ring (bicyclic) bond motifs is 1. The summed E-state index contributed by atoms with van der Waals surface area (Å²) in [5.74, 6) is -0.115. The van der Waals surface area contributed by atoms with E-state index in [0.717, 1.165) is 24.0 Å². The SMILES string of the molecule is CCC[C@@H](C)NC(=O)c1ccc2c(c1)C[C@H](C)N2S(=O)(=O)c1ccc(C)cc1. The Kier molecular flexibility index (Phi) is 5.79. The van der Waals surface area contributed by atoms with Crippen molar-refractivity contribution in [3.63, 3.8) is 0 Å². The Morgan fingerprint density at radius 3 is 2.54 bits per heavy atom. The number of benzene rings is 2. The van der Waals surface area contributed by atoms with Gasteiger partial charge in [0.05, 0.1) is 10.6 Å². The molecule has 0 aromatic heterocycles. The van der Waals surface area contributed by atoms with Gasteiger partial charge in [-0.25, -0.2) is 8.42 Å². The maximum atomic E-state index is 13.2. The predicted molar refractivity (Wildman–Crippen MR) is 112 cm³/mol. The molecule has 0 saturated heterocycles. The van der Waals surface area contributed by atoms with Gasteiger partial charge in [0.15, 0.2) is 0 Å². The number of rotatable bonds is 6. The first-order chi connectivity index (χ1) is 13.2. The van der Waals surface area contributed by atoms with Crippen molar-refractivity contribution in [3.8, 4) is 0 Å². The van der Waals surface area contributed by atoms with Gasteiger partial charge < -0.3 is 5.32 Å². The lowest BCUT2D eigenvalue weighted by atomic mass is 10.1. The highest BCUT2D eigenvalue weighted by Gasteiger charge is 2.36. The summed E-state index contributed by atoms with van der Waals surface area (Å²) >= 11 is 0. The Hall–Kier alpha value is -2.34. The number of anilines is 1. The number of sulfonamides is 1. The molecule has 1 heterocycles. The van der Waals surface area contributed by atoms with E-state index in [4.69, 9.17) is 0 Å². The molecule has 0 fully saturated rings. The molecule has 0 unspecified atom stereocenters. The molecule has 1 amide bonds. The second-order valence-electron chi connectivity index (χ2n) is 7.67. The van der Waals surface area contributed by atoms with E-state index in [0.29, 0.717) is 17.7 Å². The molecule has 2 aromatic rings.